The van der Waals surface area contributed by atoms with Gasteiger partial charge in [0.05, 0.1) is 7.11 Å². The van der Waals surface area contributed by atoms with Crippen LogP contribution in [0.25, 0.3) is 0 Å². The maximum atomic E-state index is 12.2. The van der Waals surface area contributed by atoms with Crippen molar-refractivity contribution in [1.82, 2.24) is 5.32 Å². The molecular weight excluding hydrogens is 366 g/mol. The Bertz CT molecular complexity index is 889. The zero-order valence-corrected chi connectivity index (χ0v) is 15.7. The number of para-hydroxylation sites is 1. The Morgan fingerprint density at radius 3 is 2.63 bits per heavy atom. The highest BCUT2D eigenvalue weighted by atomic mass is 35.5. The zero-order chi connectivity index (χ0) is 19.1. The number of nitrogens with one attached hydrogen (secondary N) is 1. The van der Waals surface area contributed by atoms with Crippen LogP contribution in [0.5, 0.6) is 11.5 Å². The molecule has 0 aliphatic carbocycles. The van der Waals surface area contributed by atoms with Gasteiger partial charge in [-0.05, 0) is 54.4 Å². The van der Waals surface area contributed by atoms with Crippen molar-refractivity contribution in [2.45, 2.75) is 13.0 Å². The summed E-state index contributed by atoms with van der Waals surface area (Å²) in [6.45, 7) is 0.715. The van der Waals surface area contributed by atoms with E-state index in [1.54, 1.807) is 43.5 Å². The van der Waals surface area contributed by atoms with Crippen LogP contribution < -0.4 is 14.8 Å². The third-order valence-corrected chi connectivity index (χ3v) is 4.20. The molecule has 1 heterocycles. The molecule has 27 heavy (non-hydrogen) atoms. The lowest BCUT2D eigenvalue weighted by Gasteiger charge is -2.08. The summed E-state index contributed by atoms with van der Waals surface area (Å²) in [5.74, 6) is 2.05. The number of rotatable bonds is 8. The van der Waals surface area contributed by atoms with Crippen molar-refractivity contribution in [3.63, 3.8) is 0 Å². The molecule has 0 fully saturated rings. The SMILES string of the molecule is COc1ccccc1CCNC(=O)c1ccc(COc2ccc(Cl)cc2)o1. The van der Waals surface area contributed by atoms with Gasteiger partial charge in [-0.3, -0.25) is 4.79 Å². The van der Waals surface area contributed by atoms with Gasteiger partial charge in [0, 0.05) is 11.6 Å². The Kier molecular flexibility index (Phi) is 6.39. The van der Waals surface area contributed by atoms with Crippen LogP contribution in [0.3, 0.4) is 0 Å². The maximum absolute atomic E-state index is 12.2. The molecule has 3 rings (SSSR count). The van der Waals surface area contributed by atoms with E-state index in [0.29, 0.717) is 29.5 Å². The second-order valence-corrected chi connectivity index (χ2v) is 6.26. The van der Waals surface area contributed by atoms with Crippen molar-refractivity contribution in [2.75, 3.05) is 13.7 Å². The van der Waals surface area contributed by atoms with Gasteiger partial charge in [0.2, 0.25) is 0 Å². The van der Waals surface area contributed by atoms with Crippen molar-refractivity contribution in [1.29, 1.82) is 0 Å². The van der Waals surface area contributed by atoms with Gasteiger partial charge < -0.3 is 19.2 Å². The monoisotopic (exact) mass is 385 g/mol. The summed E-state index contributed by atoms with van der Waals surface area (Å²) in [6, 6.07) is 18.1. The average molecular weight is 386 g/mol. The fourth-order valence-electron chi connectivity index (χ4n) is 2.57. The van der Waals surface area contributed by atoms with Crippen LogP contribution in [-0.4, -0.2) is 19.6 Å². The average Bonchev–Trinajstić information content (AvgIpc) is 3.17. The highest BCUT2D eigenvalue weighted by Gasteiger charge is 2.11. The van der Waals surface area contributed by atoms with Crippen molar-refractivity contribution in [3.05, 3.63) is 82.8 Å². The number of benzene rings is 2. The predicted molar refractivity (Wildman–Crippen MR) is 104 cm³/mol. The van der Waals surface area contributed by atoms with Gasteiger partial charge in [-0.15, -0.1) is 0 Å². The summed E-state index contributed by atoms with van der Waals surface area (Å²) in [5.41, 5.74) is 1.04. The molecule has 2 aromatic carbocycles. The van der Waals surface area contributed by atoms with Crippen LogP contribution in [0.15, 0.2) is 65.1 Å². The Hall–Kier alpha value is -2.92. The molecule has 3 aromatic rings. The number of hydrogen-bond acceptors (Lipinski definition) is 4. The van der Waals surface area contributed by atoms with Gasteiger partial charge in [0.25, 0.3) is 5.91 Å². The number of amides is 1. The van der Waals surface area contributed by atoms with E-state index in [4.69, 9.17) is 25.5 Å². The first-order chi connectivity index (χ1) is 13.2. The number of methoxy groups -OCH3 is 1. The van der Waals surface area contributed by atoms with Crippen molar-refractivity contribution >= 4 is 17.5 Å². The first-order valence-corrected chi connectivity index (χ1v) is 8.90. The molecule has 1 aromatic heterocycles. The molecule has 0 unspecified atom stereocenters. The third-order valence-electron chi connectivity index (χ3n) is 3.95. The van der Waals surface area contributed by atoms with Crippen LogP contribution in [0.4, 0.5) is 0 Å². The van der Waals surface area contributed by atoms with E-state index in [1.165, 1.54) is 0 Å². The molecule has 0 bridgehead atoms. The standard InChI is InChI=1S/C21H20ClNO4/c1-25-19-5-3-2-4-15(19)12-13-23-21(24)20-11-10-18(27-20)14-26-17-8-6-16(22)7-9-17/h2-11H,12-14H2,1H3,(H,23,24). The van der Waals surface area contributed by atoms with Crippen molar-refractivity contribution < 1.29 is 18.7 Å². The second-order valence-electron chi connectivity index (χ2n) is 5.83. The minimum Gasteiger partial charge on any atom is -0.496 e. The molecule has 5 nitrogen and oxygen atoms in total. The fraction of sp³-hybridized carbons (Fsp3) is 0.190. The van der Waals surface area contributed by atoms with Crippen molar-refractivity contribution in [3.8, 4) is 11.5 Å². The molecule has 0 atom stereocenters. The molecule has 0 aliphatic heterocycles. The first-order valence-electron chi connectivity index (χ1n) is 8.53. The summed E-state index contributed by atoms with van der Waals surface area (Å²) in [4.78, 5) is 12.2. The van der Waals surface area contributed by atoms with E-state index >= 15 is 0 Å². The number of halogens is 1. The Morgan fingerprint density at radius 1 is 1.07 bits per heavy atom. The van der Waals surface area contributed by atoms with Gasteiger partial charge in [0.1, 0.15) is 23.9 Å². The van der Waals surface area contributed by atoms with E-state index in [9.17, 15) is 4.79 Å². The van der Waals surface area contributed by atoms with Crippen LogP contribution in [-0.2, 0) is 13.0 Å². The zero-order valence-electron chi connectivity index (χ0n) is 14.9. The lowest BCUT2D eigenvalue weighted by Crippen LogP contribution is -2.25. The second kappa shape index (κ2) is 9.14. The van der Waals surface area contributed by atoms with Crippen LogP contribution in [0.1, 0.15) is 21.9 Å². The van der Waals surface area contributed by atoms with E-state index < -0.39 is 0 Å². The normalized spacial score (nSPS) is 10.4. The number of ether oxygens (including phenoxy) is 2. The van der Waals surface area contributed by atoms with Gasteiger partial charge in [-0.2, -0.15) is 0 Å². The molecule has 0 radical (unpaired) electrons. The molecule has 0 saturated carbocycles. The van der Waals surface area contributed by atoms with Crippen LogP contribution in [0, 0.1) is 0 Å². The van der Waals surface area contributed by atoms with Gasteiger partial charge in [0.15, 0.2) is 5.76 Å². The highest BCUT2D eigenvalue weighted by Crippen LogP contribution is 2.19. The Labute approximate surface area is 162 Å². The molecular formula is C21H20ClNO4. The Balaban J connectivity index is 1.48. The number of carbonyl (C=O) groups is 1. The summed E-state index contributed by atoms with van der Waals surface area (Å²) >= 11 is 5.84. The molecule has 140 valence electrons. The molecule has 0 spiro atoms. The minimum absolute atomic E-state index is 0.232. The molecule has 6 heteroatoms. The summed E-state index contributed by atoms with van der Waals surface area (Å²) in [6.07, 6.45) is 0.670. The minimum atomic E-state index is -0.261. The smallest absolute Gasteiger partial charge is 0.287 e. The number of furan rings is 1. The van der Waals surface area contributed by atoms with Gasteiger partial charge in [-0.1, -0.05) is 29.8 Å². The predicted octanol–water partition coefficient (Wildman–Crippen LogP) is 4.49. The first kappa shape index (κ1) is 18.9. The fourth-order valence-corrected chi connectivity index (χ4v) is 2.70. The van der Waals surface area contributed by atoms with Crippen LogP contribution >= 0.6 is 11.6 Å². The maximum Gasteiger partial charge on any atom is 0.287 e. The number of carbonyl (C=O) groups excluding carboxylic acids is 1. The van der Waals surface area contributed by atoms with E-state index in [1.807, 2.05) is 24.3 Å². The lowest BCUT2D eigenvalue weighted by atomic mass is 10.1. The summed E-state index contributed by atoms with van der Waals surface area (Å²) < 4.78 is 16.5. The number of hydrogen-bond donors (Lipinski definition) is 1. The topological polar surface area (TPSA) is 60.7 Å². The highest BCUT2D eigenvalue weighted by molar-refractivity contribution is 6.30. The summed E-state index contributed by atoms with van der Waals surface area (Å²) in [7, 11) is 1.63. The molecule has 1 N–H and O–H groups in total. The molecule has 0 aliphatic rings. The molecule has 1 amide bonds. The summed E-state index contributed by atoms with van der Waals surface area (Å²) in [5, 5.41) is 3.49. The lowest BCUT2D eigenvalue weighted by molar-refractivity contribution is 0.0922. The van der Waals surface area contributed by atoms with E-state index in [2.05, 4.69) is 5.32 Å². The van der Waals surface area contributed by atoms with Crippen molar-refractivity contribution in [2.24, 2.45) is 0 Å². The Morgan fingerprint density at radius 2 is 1.85 bits per heavy atom. The van der Waals surface area contributed by atoms with E-state index in [-0.39, 0.29) is 18.3 Å². The molecule has 0 saturated heterocycles. The third kappa shape index (κ3) is 5.28. The van der Waals surface area contributed by atoms with Crippen LogP contribution in [0.2, 0.25) is 5.02 Å². The van der Waals surface area contributed by atoms with E-state index in [0.717, 1.165) is 11.3 Å². The quantitative estimate of drug-likeness (QED) is 0.620. The largest absolute Gasteiger partial charge is 0.496 e. The van der Waals surface area contributed by atoms with Gasteiger partial charge in [-0.25, -0.2) is 0 Å². The van der Waals surface area contributed by atoms with Gasteiger partial charge >= 0.3 is 0 Å².